The average molecular weight is 568 g/mol. The van der Waals surface area contributed by atoms with Gasteiger partial charge in [0.25, 0.3) is 0 Å². The summed E-state index contributed by atoms with van der Waals surface area (Å²) in [5, 5.41) is 10.3. The Balaban J connectivity index is 1.40. The number of methoxy groups -OCH3 is 2. The van der Waals surface area contributed by atoms with Gasteiger partial charge in [-0.25, -0.2) is 4.79 Å². The molecule has 2 aromatic rings. The van der Waals surface area contributed by atoms with E-state index in [1.807, 2.05) is 25.3 Å². The fourth-order valence-corrected chi connectivity index (χ4v) is 6.82. The normalized spacial score (nSPS) is 23.9. The number of halogens is 1. The number of rotatable bonds is 7. The highest BCUT2D eigenvalue weighted by atomic mass is 35.5. The van der Waals surface area contributed by atoms with Crippen molar-refractivity contribution < 1.29 is 24.1 Å². The number of aryl methyl sites for hydroxylation is 1. The van der Waals surface area contributed by atoms with Crippen molar-refractivity contribution in [3.8, 4) is 5.75 Å². The molecule has 1 saturated carbocycles. The Morgan fingerprint density at radius 2 is 1.98 bits per heavy atom. The van der Waals surface area contributed by atoms with Crippen LogP contribution in [0.3, 0.4) is 0 Å². The van der Waals surface area contributed by atoms with Gasteiger partial charge in [-0.05, 0) is 116 Å². The van der Waals surface area contributed by atoms with Gasteiger partial charge in [0, 0.05) is 31.8 Å². The maximum absolute atomic E-state index is 12.5. The smallest absolute Gasteiger partial charge is 0.337 e. The van der Waals surface area contributed by atoms with Crippen molar-refractivity contribution in [1.82, 2.24) is 0 Å². The van der Waals surface area contributed by atoms with E-state index in [2.05, 4.69) is 23.1 Å². The molecule has 216 valence electrons. The van der Waals surface area contributed by atoms with Crippen LogP contribution in [0.1, 0.15) is 66.4 Å². The molecular weight excluding hydrogens is 526 g/mol. The van der Waals surface area contributed by atoms with E-state index in [1.54, 1.807) is 6.07 Å². The van der Waals surface area contributed by atoms with Crippen LogP contribution >= 0.6 is 11.6 Å². The molecular formula is C33H42ClNO5. The van der Waals surface area contributed by atoms with Crippen LogP contribution in [0.5, 0.6) is 5.75 Å². The fraction of sp³-hybridized carbons (Fsp3) is 0.545. The first-order chi connectivity index (χ1) is 19.5. The number of nitrogens with zero attached hydrogens (tertiary/aromatic N) is 1. The number of benzene rings is 2. The van der Waals surface area contributed by atoms with E-state index >= 15 is 0 Å². The summed E-state index contributed by atoms with van der Waals surface area (Å²) in [6, 6.07) is 11.7. The molecule has 1 aliphatic heterocycles. The number of aliphatic hydroxyl groups is 1. The molecule has 6 nitrogen and oxygen atoms in total. The minimum absolute atomic E-state index is 0.124. The number of ether oxygens (including phenoxy) is 3. The minimum atomic E-state index is -0.344. The zero-order valence-corrected chi connectivity index (χ0v) is 24.5. The number of anilines is 1. The summed E-state index contributed by atoms with van der Waals surface area (Å²) in [5.74, 6) is 1.75. The van der Waals surface area contributed by atoms with Gasteiger partial charge in [-0.3, -0.25) is 0 Å². The van der Waals surface area contributed by atoms with Gasteiger partial charge in [0.05, 0.1) is 24.5 Å². The molecule has 1 heterocycles. The lowest BCUT2D eigenvalue weighted by Gasteiger charge is -2.45. The van der Waals surface area contributed by atoms with Crippen molar-refractivity contribution >= 4 is 23.3 Å². The monoisotopic (exact) mass is 567 g/mol. The van der Waals surface area contributed by atoms with Gasteiger partial charge < -0.3 is 24.2 Å². The minimum Gasteiger partial charge on any atom is -0.487 e. The van der Waals surface area contributed by atoms with Crippen LogP contribution in [0.15, 0.2) is 48.0 Å². The van der Waals surface area contributed by atoms with E-state index in [-0.39, 0.29) is 18.7 Å². The zero-order valence-electron chi connectivity index (χ0n) is 23.7. The lowest BCUT2D eigenvalue weighted by Crippen LogP contribution is -2.45. The molecule has 3 aliphatic rings. The molecule has 0 amide bonds. The van der Waals surface area contributed by atoms with Crippen LogP contribution in [-0.4, -0.2) is 51.1 Å². The first-order valence-electron chi connectivity index (χ1n) is 14.7. The van der Waals surface area contributed by atoms with Crippen LogP contribution in [-0.2, 0) is 22.5 Å². The summed E-state index contributed by atoms with van der Waals surface area (Å²) in [6.45, 7) is 2.47. The maximum atomic E-state index is 12.5. The first-order valence-corrected chi connectivity index (χ1v) is 15.1. The number of allylic oxidation sites excluding steroid dienone is 1. The Morgan fingerprint density at radius 3 is 2.67 bits per heavy atom. The molecule has 2 aliphatic carbocycles. The van der Waals surface area contributed by atoms with E-state index in [1.165, 1.54) is 18.2 Å². The van der Waals surface area contributed by atoms with Gasteiger partial charge in [0.15, 0.2) is 0 Å². The molecule has 4 atom stereocenters. The topological polar surface area (TPSA) is 68.2 Å². The van der Waals surface area contributed by atoms with Gasteiger partial charge in [0.1, 0.15) is 12.4 Å². The lowest BCUT2D eigenvalue weighted by molar-refractivity contribution is 0.00299. The summed E-state index contributed by atoms with van der Waals surface area (Å²) in [7, 11) is 3.25. The van der Waals surface area contributed by atoms with Gasteiger partial charge in [0.2, 0.25) is 0 Å². The Hall–Kier alpha value is -2.54. The van der Waals surface area contributed by atoms with Crippen molar-refractivity contribution in [2.24, 2.45) is 17.8 Å². The second-order valence-electron chi connectivity index (χ2n) is 11.5. The third-order valence-electron chi connectivity index (χ3n) is 9.15. The lowest BCUT2D eigenvalue weighted by atomic mass is 9.67. The van der Waals surface area contributed by atoms with E-state index in [0.29, 0.717) is 29.9 Å². The van der Waals surface area contributed by atoms with Gasteiger partial charge in [-0.2, -0.15) is 0 Å². The summed E-state index contributed by atoms with van der Waals surface area (Å²) in [5.41, 5.74) is 5.25. The molecule has 5 rings (SSSR count). The number of aliphatic hydroxyl groups excluding tert-OH is 1. The molecule has 7 heteroatoms. The van der Waals surface area contributed by atoms with E-state index in [4.69, 9.17) is 25.8 Å². The Kier molecular flexibility index (Phi) is 9.72. The Morgan fingerprint density at radius 1 is 1.10 bits per heavy atom. The molecule has 1 unspecified atom stereocenters. The molecule has 1 N–H and O–H groups in total. The molecule has 40 heavy (non-hydrogen) atoms. The standard InChI is InChI=1S/C33H42ClNO5/c1-38-32(23-8-6-22(20-36)7-9-23)29-14-11-26(29)19-35-16-4-3-5-24-17-28(34)13-10-27(24)21-40-31-15-12-25(18-30(31)35)33(37)39-2/h8,10,12-13,15,17-18,22,26,29,32,36H,3-7,9,11,14,16,19-21H2,1-2H3/t22?,26-,29+,32+/m0/s1. The third-order valence-corrected chi connectivity index (χ3v) is 9.38. The van der Waals surface area contributed by atoms with Crippen molar-refractivity contribution in [2.45, 2.75) is 64.1 Å². The van der Waals surface area contributed by atoms with Crippen LogP contribution in [0.2, 0.25) is 5.02 Å². The van der Waals surface area contributed by atoms with Gasteiger partial charge in [-0.15, -0.1) is 0 Å². The number of hydrogen-bond donors (Lipinski definition) is 1. The molecule has 0 saturated heterocycles. The third kappa shape index (κ3) is 6.50. The maximum Gasteiger partial charge on any atom is 0.337 e. The summed E-state index contributed by atoms with van der Waals surface area (Å²) < 4.78 is 17.6. The SMILES string of the molecule is COC(=O)c1ccc2c(c1)N(C[C@@H]1CC[C@H]1[C@H](OC)C1=CCC(CO)CC1)CCCCc1cc(Cl)ccc1CO2. The van der Waals surface area contributed by atoms with Crippen LogP contribution < -0.4 is 9.64 Å². The van der Waals surface area contributed by atoms with E-state index in [0.717, 1.165) is 86.5 Å². The van der Waals surface area contributed by atoms with Crippen LogP contribution in [0.4, 0.5) is 5.69 Å². The van der Waals surface area contributed by atoms with Crippen molar-refractivity contribution in [2.75, 3.05) is 38.8 Å². The van der Waals surface area contributed by atoms with E-state index in [9.17, 15) is 9.90 Å². The van der Waals surface area contributed by atoms with Crippen LogP contribution in [0, 0.1) is 17.8 Å². The fourth-order valence-electron chi connectivity index (χ4n) is 6.62. The Labute approximate surface area is 243 Å². The summed E-state index contributed by atoms with van der Waals surface area (Å²) >= 11 is 6.32. The largest absolute Gasteiger partial charge is 0.487 e. The van der Waals surface area contributed by atoms with Crippen molar-refractivity contribution in [3.63, 3.8) is 0 Å². The number of hydrogen-bond acceptors (Lipinski definition) is 6. The average Bonchev–Trinajstić information content (AvgIpc) is 3.00. The highest BCUT2D eigenvalue weighted by molar-refractivity contribution is 6.30. The number of esters is 1. The van der Waals surface area contributed by atoms with Gasteiger partial charge in [-0.1, -0.05) is 23.7 Å². The van der Waals surface area contributed by atoms with Crippen LogP contribution in [0.25, 0.3) is 0 Å². The highest BCUT2D eigenvalue weighted by Gasteiger charge is 2.40. The number of fused-ring (bicyclic) bond motifs is 2. The van der Waals surface area contributed by atoms with Gasteiger partial charge >= 0.3 is 5.97 Å². The predicted molar refractivity (Wildman–Crippen MR) is 158 cm³/mol. The van der Waals surface area contributed by atoms with E-state index < -0.39 is 0 Å². The molecule has 2 aromatic carbocycles. The molecule has 0 bridgehead atoms. The number of carbonyl (C=O) groups excluding carboxylic acids is 1. The molecule has 1 fully saturated rings. The quantitative estimate of drug-likeness (QED) is 0.300. The Bertz CT molecular complexity index is 1210. The van der Waals surface area contributed by atoms with Crippen molar-refractivity contribution in [1.29, 1.82) is 0 Å². The summed E-state index contributed by atoms with van der Waals surface area (Å²) in [6.07, 6.45) is 10.7. The second-order valence-corrected chi connectivity index (χ2v) is 12.0. The van der Waals surface area contributed by atoms with Crippen molar-refractivity contribution in [3.05, 3.63) is 69.8 Å². The highest BCUT2D eigenvalue weighted by Crippen LogP contribution is 2.44. The molecule has 0 aromatic heterocycles. The zero-order chi connectivity index (χ0) is 28.1. The summed E-state index contributed by atoms with van der Waals surface area (Å²) in [4.78, 5) is 14.9. The second kappa shape index (κ2) is 13.4. The molecule has 0 spiro atoms. The first kappa shape index (κ1) is 29.0. The molecule has 0 radical (unpaired) electrons. The number of carbonyl (C=O) groups is 1. The predicted octanol–water partition coefficient (Wildman–Crippen LogP) is 6.61.